The number of ether oxygens (including phenoxy) is 2. The summed E-state index contributed by atoms with van der Waals surface area (Å²) in [5.41, 5.74) is 6.84. The number of rotatable bonds is 18. The Labute approximate surface area is 310 Å². The smallest absolute Gasteiger partial charge is 0.328 e. The molecule has 3 aromatic carbocycles. The Hall–Kier alpha value is -3.13. The molecule has 1 aliphatic carbocycles. The molecule has 0 radical (unpaired) electrons. The molecular formula is C44H58N2O4S. The zero-order valence-electron chi connectivity index (χ0n) is 30.6. The van der Waals surface area contributed by atoms with E-state index in [1.165, 1.54) is 65.0 Å². The van der Waals surface area contributed by atoms with Crippen LogP contribution < -0.4 is 20.1 Å². The fraction of sp³-hybridized carbons (Fsp3) is 0.545. The summed E-state index contributed by atoms with van der Waals surface area (Å²) >= 11 is 2.10. The van der Waals surface area contributed by atoms with E-state index in [9.17, 15) is 9.59 Å². The predicted molar refractivity (Wildman–Crippen MR) is 209 cm³/mol. The minimum absolute atomic E-state index is 0.174. The molecular weight excluding hydrogens is 653 g/mol. The number of esters is 2. The molecule has 0 spiro atoms. The molecule has 6 rings (SSSR count). The third-order valence-corrected chi connectivity index (χ3v) is 12.2. The summed E-state index contributed by atoms with van der Waals surface area (Å²) in [4.78, 5) is 25.3. The highest BCUT2D eigenvalue weighted by atomic mass is 32.2. The van der Waals surface area contributed by atoms with Gasteiger partial charge in [-0.1, -0.05) is 75.1 Å². The third kappa shape index (κ3) is 10.9. The number of thioether (sulfide) groups is 1. The number of carbonyl (C=O) groups excluding carboxylic acids is 2. The molecule has 3 aromatic rings. The van der Waals surface area contributed by atoms with Crippen LogP contribution in [-0.4, -0.2) is 48.6 Å². The van der Waals surface area contributed by atoms with E-state index in [2.05, 4.69) is 77.9 Å². The molecule has 0 bridgehead atoms. The van der Waals surface area contributed by atoms with Gasteiger partial charge in [0.2, 0.25) is 0 Å². The maximum absolute atomic E-state index is 12.7. The van der Waals surface area contributed by atoms with Gasteiger partial charge in [-0.15, -0.1) is 0 Å². The van der Waals surface area contributed by atoms with Crippen molar-refractivity contribution in [3.8, 4) is 11.5 Å². The largest absolute Gasteiger partial charge is 0.425 e. The first-order valence-corrected chi connectivity index (χ1v) is 21.0. The van der Waals surface area contributed by atoms with E-state index in [4.69, 9.17) is 9.47 Å². The number of unbranched alkanes of at least 4 members (excludes halogenated alkanes) is 4. The summed E-state index contributed by atoms with van der Waals surface area (Å²) in [6.45, 7) is 4.02. The van der Waals surface area contributed by atoms with Crippen LogP contribution in [0.3, 0.4) is 0 Å². The second kappa shape index (κ2) is 19.6. The fourth-order valence-corrected chi connectivity index (χ4v) is 9.12. The maximum Gasteiger partial charge on any atom is 0.328 e. The van der Waals surface area contributed by atoms with Gasteiger partial charge in [0.05, 0.1) is 0 Å². The van der Waals surface area contributed by atoms with Crippen LogP contribution in [0, 0.1) is 0 Å². The van der Waals surface area contributed by atoms with Crippen LogP contribution in [0.25, 0.3) is 0 Å². The first kappa shape index (κ1) is 37.6. The number of benzene rings is 3. The van der Waals surface area contributed by atoms with E-state index >= 15 is 0 Å². The number of nitrogens with one attached hydrogen (secondary N) is 2. The van der Waals surface area contributed by atoms with Crippen molar-refractivity contribution in [2.45, 2.75) is 127 Å². The molecule has 2 aliphatic heterocycles. The minimum Gasteiger partial charge on any atom is -0.425 e. The summed E-state index contributed by atoms with van der Waals surface area (Å²) in [7, 11) is 0. The van der Waals surface area contributed by atoms with Gasteiger partial charge in [0.15, 0.2) is 0 Å². The Balaban J connectivity index is 1.06. The molecule has 3 aliphatic rings. The van der Waals surface area contributed by atoms with Gasteiger partial charge >= 0.3 is 11.9 Å². The molecule has 2 unspecified atom stereocenters. The topological polar surface area (TPSA) is 76.7 Å². The van der Waals surface area contributed by atoms with E-state index in [1.807, 2.05) is 18.2 Å². The predicted octanol–water partition coefficient (Wildman–Crippen LogP) is 9.08. The number of carbonyl (C=O) groups is 2. The van der Waals surface area contributed by atoms with Crippen LogP contribution in [0.4, 0.5) is 0 Å². The van der Waals surface area contributed by atoms with Crippen LogP contribution in [0.15, 0.2) is 66.7 Å². The highest BCUT2D eigenvalue weighted by Crippen LogP contribution is 2.46. The second-order valence-electron chi connectivity index (χ2n) is 14.8. The SMILES string of the molecule is CCCCCCSCCc1ccc(CCCCC2c3ccc(OC(=O)[C@@H]4CCCN4)cc3CCC2c2ccc(OC(=O)[C@@H]3CCCN3)cc2)cc1. The normalized spacial score (nSPS) is 21.4. The zero-order valence-corrected chi connectivity index (χ0v) is 31.5. The van der Waals surface area contributed by atoms with E-state index in [-0.39, 0.29) is 24.0 Å². The Bertz CT molecular complexity index is 1530. The molecule has 2 fully saturated rings. The van der Waals surface area contributed by atoms with Crippen molar-refractivity contribution < 1.29 is 19.1 Å². The number of aryl methyl sites for hydroxylation is 3. The van der Waals surface area contributed by atoms with Crippen molar-refractivity contribution in [1.82, 2.24) is 10.6 Å². The molecule has 51 heavy (non-hydrogen) atoms. The van der Waals surface area contributed by atoms with Crippen molar-refractivity contribution in [1.29, 1.82) is 0 Å². The second-order valence-corrected chi connectivity index (χ2v) is 16.0. The van der Waals surface area contributed by atoms with Crippen LogP contribution in [0.1, 0.15) is 124 Å². The lowest BCUT2D eigenvalue weighted by atomic mass is 9.70. The van der Waals surface area contributed by atoms with Crippen LogP contribution in [-0.2, 0) is 28.9 Å². The van der Waals surface area contributed by atoms with Gasteiger partial charge in [-0.25, -0.2) is 9.59 Å². The molecule has 0 aromatic heterocycles. The van der Waals surface area contributed by atoms with E-state index in [1.54, 1.807) is 0 Å². The monoisotopic (exact) mass is 710 g/mol. The lowest BCUT2D eigenvalue weighted by Gasteiger charge is -2.34. The Morgan fingerprint density at radius 1 is 0.706 bits per heavy atom. The van der Waals surface area contributed by atoms with Gasteiger partial charge in [0, 0.05) is 0 Å². The van der Waals surface area contributed by atoms with Crippen molar-refractivity contribution in [3.63, 3.8) is 0 Å². The minimum atomic E-state index is -0.200. The first-order valence-electron chi connectivity index (χ1n) is 19.9. The molecule has 0 amide bonds. The molecule has 7 heteroatoms. The summed E-state index contributed by atoms with van der Waals surface area (Å²) in [5, 5.41) is 6.48. The number of hydrogen-bond acceptors (Lipinski definition) is 7. The van der Waals surface area contributed by atoms with Crippen molar-refractivity contribution in [3.05, 3.63) is 94.5 Å². The Kier molecular flexibility index (Phi) is 14.5. The molecule has 2 saturated heterocycles. The van der Waals surface area contributed by atoms with Gasteiger partial charge in [0.25, 0.3) is 0 Å². The van der Waals surface area contributed by atoms with Gasteiger partial charge in [0.1, 0.15) is 23.6 Å². The number of fused-ring (bicyclic) bond motifs is 1. The highest BCUT2D eigenvalue weighted by Gasteiger charge is 2.32. The van der Waals surface area contributed by atoms with E-state index in [0.29, 0.717) is 23.3 Å². The third-order valence-electron chi connectivity index (χ3n) is 11.1. The Morgan fingerprint density at radius 2 is 1.37 bits per heavy atom. The van der Waals surface area contributed by atoms with E-state index in [0.717, 1.165) is 83.7 Å². The molecule has 4 atom stereocenters. The fourth-order valence-electron chi connectivity index (χ4n) is 8.13. The lowest BCUT2D eigenvalue weighted by molar-refractivity contribution is -0.137. The number of hydrogen-bond donors (Lipinski definition) is 2. The lowest BCUT2D eigenvalue weighted by Crippen LogP contribution is -2.34. The summed E-state index contributed by atoms with van der Waals surface area (Å²) in [6.07, 6.45) is 16.7. The average molecular weight is 711 g/mol. The van der Waals surface area contributed by atoms with Crippen molar-refractivity contribution >= 4 is 23.7 Å². The van der Waals surface area contributed by atoms with E-state index < -0.39 is 0 Å². The molecule has 6 nitrogen and oxygen atoms in total. The van der Waals surface area contributed by atoms with Crippen LogP contribution in [0.5, 0.6) is 11.5 Å². The zero-order chi connectivity index (χ0) is 35.3. The highest BCUT2D eigenvalue weighted by molar-refractivity contribution is 7.99. The van der Waals surface area contributed by atoms with Gasteiger partial charge in [-0.3, -0.25) is 0 Å². The molecule has 0 saturated carbocycles. The quantitative estimate of drug-likeness (QED) is 0.0775. The molecule has 274 valence electrons. The standard InChI is InChI=1S/C44H58N2O4S/c1-2-3-4-7-29-51-30-26-33-16-14-32(15-17-33)10-5-6-11-40-38(34-18-21-36(22-19-34)49-43(47)41-12-8-27-45-41)24-20-35-31-37(23-25-39(35)40)50-44(48)42-13-9-28-46-42/h14-19,21-23,25,31,38,40-42,45-46H,2-13,20,24,26-30H2,1H3/t38?,40?,41-,42-/m0/s1. The average Bonchev–Trinajstić information content (AvgIpc) is 3.90. The van der Waals surface area contributed by atoms with Crippen molar-refractivity contribution in [2.75, 3.05) is 24.6 Å². The summed E-state index contributed by atoms with van der Waals surface area (Å²) in [5.74, 6) is 4.14. The van der Waals surface area contributed by atoms with Crippen LogP contribution >= 0.6 is 11.8 Å². The van der Waals surface area contributed by atoms with Crippen LogP contribution in [0.2, 0.25) is 0 Å². The van der Waals surface area contributed by atoms with Gasteiger partial charge in [-0.05, 0) is 159 Å². The molecule has 2 heterocycles. The maximum atomic E-state index is 12.7. The first-order chi connectivity index (χ1) is 25.1. The molecule has 2 N–H and O–H groups in total. The Morgan fingerprint density at radius 3 is 2.04 bits per heavy atom. The van der Waals surface area contributed by atoms with Gasteiger partial charge < -0.3 is 20.1 Å². The summed E-state index contributed by atoms with van der Waals surface area (Å²) < 4.78 is 11.6. The van der Waals surface area contributed by atoms with Gasteiger partial charge in [-0.2, -0.15) is 11.8 Å². The van der Waals surface area contributed by atoms with Crippen molar-refractivity contribution in [2.24, 2.45) is 0 Å². The summed E-state index contributed by atoms with van der Waals surface area (Å²) in [6, 6.07) is 23.5.